The van der Waals surface area contributed by atoms with E-state index in [2.05, 4.69) is 44.5 Å². The average Bonchev–Trinajstić information content (AvgIpc) is 2.58. The third kappa shape index (κ3) is 3.53. The number of nitrogens with one attached hydrogen (secondary N) is 1. The highest BCUT2D eigenvalue weighted by molar-refractivity contribution is 5.59. The van der Waals surface area contributed by atoms with Gasteiger partial charge in [0, 0.05) is 18.3 Å². The van der Waals surface area contributed by atoms with Gasteiger partial charge in [-0.05, 0) is 31.9 Å². The lowest BCUT2D eigenvalue weighted by atomic mass is 9.96. The van der Waals surface area contributed by atoms with E-state index in [1.54, 1.807) is 6.20 Å². The first-order valence-corrected chi connectivity index (χ1v) is 8.15. The average molecular weight is 297 g/mol. The van der Waals surface area contributed by atoms with E-state index < -0.39 is 0 Å². The van der Waals surface area contributed by atoms with Crippen molar-refractivity contribution in [1.82, 2.24) is 15.2 Å². The summed E-state index contributed by atoms with van der Waals surface area (Å²) in [6, 6.07) is 10.7. The van der Waals surface area contributed by atoms with Gasteiger partial charge in [-0.25, -0.2) is 0 Å². The van der Waals surface area contributed by atoms with Crippen LogP contribution in [0, 0.1) is 0 Å². The topological polar surface area (TPSA) is 53.9 Å². The summed E-state index contributed by atoms with van der Waals surface area (Å²) in [6.45, 7) is 2.95. The van der Waals surface area contributed by atoms with Crippen molar-refractivity contribution in [2.45, 2.75) is 45.1 Å². The maximum atomic E-state index is 4.66. The molecule has 0 atom stereocenters. The fourth-order valence-electron chi connectivity index (χ4n) is 3.00. The van der Waals surface area contributed by atoms with Crippen LogP contribution >= 0.6 is 0 Å². The van der Waals surface area contributed by atoms with Gasteiger partial charge in [0.1, 0.15) is 0 Å². The van der Waals surface area contributed by atoms with Crippen LogP contribution in [-0.2, 0) is 0 Å². The van der Waals surface area contributed by atoms with Crippen LogP contribution < -0.4 is 10.2 Å². The molecule has 0 saturated heterocycles. The molecule has 0 aliphatic heterocycles. The summed E-state index contributed by atoms with van der Waals surface area (Å²) in [5.74, 6) is 1.47. The third-order valence-corrected chi connectivity index (χ3v) is 4.15. The summed E-state index contributed by atoms with van der Waals surface area (Å²) in [7, 11) is 0. The molecule has 116 valence electrons. The second kappa shape index (κ2) is 7.20. The second-order valence-corrected chi connectivity index (χ2v) is 5.70. The molecule has 0 bridgehead atoms. The second-order valence-electron chi connectivity index (χ2n) is 5.70. The highest BCUT2D eigenvalue weighted by atomic mass is 15.3. The van der Waals surface area contributed by atoms with E-state index in [4.69, 9.17) is 0 Å². The van der Waals surface area contributed by atoms with Crippen molar-refractivity contribution < 1.29 is 0 Å². The van der Waals surface area contributed by atoms with Crippen molar-refractivity contribution in [3.05, 3.63) is 36.5 Å². The molecule has 1 saturated carbocycles. The van der Waals surface area contributed by atoms with Gasteiger partial charge < -0.3 is 10.2 Å². The minimum absolute atomic E-state index is 0.484. The van der Waals surface area contributed by atoms with Gasteiger partial charge in [-0.15, -0.1) is 5.10 Å². The molecule has 0 radical (unpaired) electrons. The van der Waals surface area contributed by atoms with Crippen LogP contribution in [-0.4, -0.2) is 27.8 Å². The summed E-state index contributed by atoms with van der Waals surface area (Å²) in [6.07, 6.45) is 8.04. The highest BCUT2D eigenvalue weighted by Gasteiger charge is 2.16. The van der Waals surface area contributed by atoms with E-state index in [9.17, 15) is 0 Å². The molecular weight excluding hydrogens is 274 g/mol. The normalized spacial score (nSPS) is 15.5. The fraction of sp³-hybridized carbons (Fsp3) is 0.471. The summed E-state index contributed by atoms with van der Waals surface area (Å²) in [4.78, 5) is 6.80. The van der Waals surface area contributed by atoms with Crippen LogP contribution in [0.1, 0.15) is 39.0 Å². The molecule has 0 amide bonds. The molecule has 0 spiro atoms. The Morgan fingerprint density at radius 2 is 1.91 bits per heavy atom. The fourth-order valence-corrected chi connectivity index (χ4v) is 3.00. The van der Waals surface area contributed by atoms with Crippen molar-refractivity contribution in [1.29, 1.82) is 0 Å². The molecule has 1 aliphatic carbocycles. The SMILES string of the molecule is CCN(c1ccccc1)c1cnnc(NC2CCCCC2)n1. The Morgan fingerprint density at radius 1 is 1.14 bits per heavy atom. The summed E-state index contributed by atoms with van der Waals surface area (Å²) in [5.41, 5.74) is 1.12. The van der Waals surface area contributed by atoms with E-state index >= 15 is 0 Å². The Labute approximate surface area is 131 Å². The molecule has 1 heterocycles. The first-order valence-electron chi connectivity index (χ1n) is 8.15. The van der Waals surface area contributed by atoms with Crippen molar-refractivity contribution >= 4 is 17.5 Å². The maximum Gasteiger partial charge on any atom is 0.244 e. The molecule has 22 heavy (non-hydrogen) atoms. The molecule has 5 heteroatoms. The molecule has 1 N–H and O–H groups in total. The smallest absolute Gasteiger partial charge is 0.244 e. The van der Waals surface area contributed by atoms with E-state index in [1.165, 1.54) is 32.1 Å². The standard InChI is InChI=1S/C17H23N5/c1-2-22(15-11-7-4-8-12-15)16-13-18-21-17(20-16)19-14-9-5-3-6-10-14/h4,7-8,11-14H,2-3,5-6,9-10H2,1H3,(H,19,20,21). The quantitative estimate of drug-likeness (QED) is 0.910. The lowest BCUT2D eigenvalue weighted by Crippen LogP contribution is -2.25. The zero-order valence-corrected chi connectivity index (χ0v) is 13.1. The Hall–Kier alpha value is -2.17. The molecule has 3 rings (SSSR count). The Balaban J connectivity index is 1.77. The first-order chi connectivity index (χ1) is 10.9. The predicted octanol–water partition coefficient (Wildman–Crippen LogP) is 3.77. The van der Waals surface area contributed by atoms with Gasteiger partial charge in [0.05, 0.1) is 6.20 Å². The van der Waals surface area contributed by atoms with Crippen molar-refractivity contribution in [2.24, 2.45) is 0 Å². The van der Waals surface area contributed by atoms with Crippen molar-refractivity contribution in [3.63, 3.8) is 0 Å². The zero-order chi connectivity index (χ0) is 15.2. The lowest BCUT2D eigenvalue weighted by Gasteiger charge is -2.24. The molecule has 1 aromatic carbocycles. The van der Waals surface area contributed by atoms with Gasteiger partial charge >= 0.3 is 0 Å². The highest BCUT2D eigenvalue weighted by Crippen LogP contribution is 2.24. The summed E-state index contributed by atoms with van der Waals surface area (Å²) >= 11 is 0. The number of hydrogen-bond donors (Lipinski definition) is 1. The van der Waals surface area contributed by atoms with Gasteiger partial charge in [0.25, 0.3) is 0 Å². The minimum atomic E-state index is 0.484. The molecular formula is C17H23N5. The van der Waals surface area contributed by atoms with E-state index in [1.807, 2.05) is 18.2 Å². The van der Waals surface area contributed by atoms with E-state index in [0.29, 0.717) is 12.0 Å². The van der Waals surface area contributed by atoms with Gasteiger partial charge in [-0.1, -0.05) is 37.5 Å². The molecule has 5 nitrogen and oxygen atoms in total. The number of para-hydroxylation sites is 1. The van der Waals surface area contributed by atoms with Gasteiger partial charge in [-0.3, -0.25) is 0 Å². The van der Waals surface area contributed by atoms with Crippen LogP contribution in [0.15, 0.2) is 36.5 Å². The number of rotatable bonds is 5. The summed E-state index contributed by atoms with van der Waals surface area (Å²) in [5, 5.41) is 11.7. The van der Waals surface area contributed by atoms with Crippen LogP contribution in [0.25, 0.3) is 0 Å². The monoisotopic (exact) mass is 297 g/mol. The largest absolute Gasteiger partial charge is 0.350 e. The number of benzene rings is 1. The number of aromatic nitrogens is 3. The van der Waals surface area contributed by atoms with Crippen molar-refractivity contribution in [3.8, 4) is 0 Å². The van der Waals surface area contributed by atoms with Crippen LogP contribution in [0.4, 0.5) is 17.5 Å². The lowest BCUT2D eigenvalue weighted by molar-refractivity contribution is 0.460. The molecule has 0 unspecified atom stereocenters. The van der Waals surface area contributed by atoms with E-state index in [-0.39, 0.29) is 0 Å². The molecule has 2 aromatic rings. The summed E-state index contributed by atoms with van der Waals surface area (Å²) < 4.78 is 0. The van der Waals surface area contributed by atoms with Gasteiger partial charge in [-0.2, -0.15) is 10.1 Å². The Kier molecular flexibility index (Phi) is 4.83. The maximum absolute atomic E-state index is 4.66. The third-order valence-electron chi connectivity index (χ3n) is 4.15. The number of anilines is 3. The zero-order valence-electron chi connectivity index (χ0n) is 13.1. The first kappa shape index (κ1) is 14.8. The van der Waals surface area contributed by atoms with Gasteiger partial charge in [0.15, 0.2) is 5.82 Å². The minimum Gasteiger partial charge on any atom is -0.350 e. The molecule has 1 aromatic heterocycles. The Morgan fingerprint density at radius 3 is 2.64 bits per heavy atom. The molecule has 1 aliphatic rings. The van der Waals surface area contributed by atoms with Crippen LogP contribution in [0.3, 0.4) is 0 Å². The van der Waals surface area contributed by atoms with E-state index in [0.717, 1.165) is 18.1 Å². The van der Waals surface area contributed by atoms with Gasteiger partial charge in [0.2, 0.25) is 5.95 Å². The van der Waals surface area contributed by atoms with Crippen LogP contribution in [0.2, 0.25) is 0 Å². The van der Waals surface area contributed by atoms with Crippen molar-refractivity contribution in [2.75, 3.05) is 16.8 Å². The Bertz CT molecular complexity index is 581. The predicted molar refractivity (Wildman–Crippen MR) is 89.4 cm³/mol. The number of nitrogens with zero attached hydrogens (tertiary/aromatic N) is 4. The van der Waals surface area contributed by atoms with Crippen LogP contribution in [0.5, 0.6) is 0 Å². The molecule has 1 fully saturated rings. The number of hydrogen-bond acceptors (Lipinski definition) is 5.